The van der Waals surface area contributed by atoms with Gasteiger partial charge >= 0.3 is 0 Å². The normalized spacial score (nSPS) is 14.4. The molecule has 0 bridgehead atoms. The van der Waals surface area contributed by atoms with Crippen molar-refractivity contribution < 1.29 is 0 Å². The molecule has 0 amide bonds. The second kappa shape index (κ2) is 6.66. The summed E-state index contributed by atoms with van der Waals surface area (Å²) in [4.78, 5) is 8.25. The molecule has 1 aliphatic rings. The highest BCUT2D eigenvalue weighted by Gasteiger charge is 2.25. The molecule has 0 atom stereocenters. The molecule has 0 aromatic carbocycles. The van der Waals surface area contributed by atoms with Crippen LogP contribution < -0.4 is 0 Å². The predicted octanol–water partition coefficient (Wildman–Crippen LogP) is 3.95. The van der Waals surface area contributed by atoms with Gasteiger partial charge in [0.25, 0.3) is 0 Å². The summed E-state index contributed by atoms with van der Waals surface area (Å²) < 4.78 is 0. The van der Waals surface area contributed by atoms with Crippen molar-refractivity contribution >= 4 is 23.1 Å². The molecule has 1 aliphatic heterocycles. The summed E-state index contributed by atoms with van der Waals surface area (Å²) in [6, 6.07) is 6.53. The van der Waals surface area contributed by atoms with E-state index in [9.17, 15) is 5.26 Å². The average Bonchev–Trinajstić information content (AvgIpc) is 3.05. The van der Waals surface area contributed by atoms with E-state index in [4.69, 9.17) is 4.98 Å². The van der Waals surface area contributed by atoms with Crippen LogP contribution in [0.1, 0.15) is 16.8 Å². The second-order valence-corrected chi connectivity index (χ2v) is 7.23. The van der Waals surface area contributed by atoms with E-state index in [1.54, 1.807) is 23.1 Å². The second-order valence-electron chi connectivity index (χ2n) is 5.27. The van der Waals surface area contributed by atoms with Gasteiger partial charge in [0.05, 0.1) is 5.56 Å². The molecule has 3 heterocycles. The zero-order valence-electron chi connectivity index (χ0n) is 12.5. The van der Waals surface area contributed by atoms with Gasteiger partial charge in [0, 0.05) is 41.4 Å². The number of pyridine rings is 1. The van der Waals surface area contributed by atoms with Crippen molar-refractivity contribution in [1.82, 2.24) is 9.88 Å². The standard InChI is InChI=1S/C17H17N3S2/c1-3-8-22-17-12(10-18)16(15-5-4-9-21-15)13-11-20(2)7-6-14(13)19-17/h3-5,9H,1,6-8,11H2,2H3. The SMILES string of the molecule is C=CCSc1nc2c(c(-c3cccs3)c1C#N)CN(C)CC2. The smallest absolute Gasteiger partial charge is 0.115 e. The summed E-state index contributed by atoms with van der Waals surface area (Å²) in [6.07, 6.45) is 2.79. The number of thiophene rings is 1. The Hall–Kier alpha value is -1.61. The molecule has 5 heteroatoms. The minimum atomic E-state index is 0.711. The van der Waals surface area contributed by atoms with Gasteiger partial charge < -0.3 is 4.90 Å². The van der Waals surface area contributed by atoms with Crippen LogP contribution in [-0.2, 0) is 13.0 Å². The maximum absolute atomic E-state index is 9.73. The van der Waals surface area contributed by atoms with Crippen molar-refractivity contribution in [3.05, 3.63) is 47.0 Å². The first-order valence-electron chi connectivity index (χ1n) is 7.16. The molecule has 0 radical (unpaired) electrons. The predicted molar refractivity (Wildman–Crippen MR) is 93.2 cm³/mol. The van der Waals surface area contributed by atoms with Crippen molar-refractivity contribution in [2.24, 2.45) is 0 Å². The van der Waals surface area contributed by atoms with E-state index in [0.717, 1.165) is 46.4 Å². The van der Waals surface area contributed by atoms with Crippen LogP contribution in [0.15, 0.2) is 35.2 Å². The lowest BCUT2D eigenvalue weighted by Crippen LogP contribution is -2.28. The van der Waals surface area contributed by atoms with Gasteiger partial charge in [-0.05, 0) is 24.1 Å². The number of thioether (sulfide) groups is 1. The maximum Gasteiger partial charge on any atom is 0.115 e. The zero-order valence-corrected chi connectivity index (χ0v) is 14.1. The monoisotopic (exact) mass is 327 g/mol. The van der Waals surface area contributed by atoms with Crippen molar-refractivity contribution in [3.63, 3.8) is 0 Å². The molecular formula is C17H17N3S2. The van der Waals surface area contributed by atoms with Gasteiger partial charge in [-0.3, -0.25) is 0 Å². The Morgan fingerprint density at radius 1 is 1.59 bits per heavy atom. The fourth-order valence-electron chi connectivity index (χ4n) is 2.71. The number of nitriles is 1. The Kier molecular flexibility index (Phi) is 4.63. The summed E-state index contributed by atoms with van der Waals surface area (Å²) in [5.74, 6) is 0.768. The van der Waals surface area contributed by atoms with E-state index in [1.807, 2.05) is 12.1 Å². The molecule has 0 saturated heterocycles. The molecule has 3 rings (SSSR count). The summed E-state index contributed by atoms with van der Waals surface area (Å²) in [6.45, 7) is 5.64. The Morgan fingerprint density at radius 3 is 3.14 bits per heavy atom. The van der Waals surface area contributed by atoms with Crippen LogP contribution >= 0.6 is 23.1 Å². The quantitative estimate of drug-likeness (QED) is 0.630. The number of rotatable bonds is 4. The first kappa shape index (κ1) is 15.3. The topological polar surface area (TPSA) is 39.9 Å². The van der Waals surface area contributed by atoms with Gasteiger partial charge in [0.15, 0.2) is 0 Å². The third-order valence-electron chi connectivity index (χ3n) is 3.73. The van der Waals surface area contributed by atoms with Crippen LogP contribution in [0.3, 0.4) is 0 Å². The highest BCUT2D eigenvalue weighted by atomic mass is 32.2. The van der Waals surface area contributed by atoms with Crippen LogP contribution in [0.4, 0.5) is 0 Å². The van der Waals surface area contributed by atoms with Crippen molar-refractivity contribution in [3.8, 4) is 16.5 Å². The highest BCUT2D eigenvalue weighted by Crippen LogP contribution is 2.38. The third kappa shape index (κ3) is 2.82. The molecule has 3 nitrogen and oxygen atoms in total. The molecule has 0 aliphatic carbocycles. The van der Waals surface area contributed by atoms with Gasteiger partial charge in [0.2, 0.25) is 0 Å². The van der Waals surface area contributed by atoms with E-state index in [2.05, 4.69) is 36.0 Å². The van der Waals surface area contributed by atoms with Gasteiger partial charge in [-0.15, -0.1) is 29.7 Å². The van der Waals surface area contributed by atoms with Crippen LogP contribution in [0.2, 0.25) is 0 Å². The Bertz CT molecular complexity index is 729. The fourth-order valence-corrected chi connectivity index (χ4v) is 4.26. The number of hydrogen-bond donors (Lipinski definition) is 0. The summed E-state index contributed by atoms with van der Waals surface area (Å²) in [5, 5.41) is 12.6. The van der Waals surface area contributed by atoms with E-state index >= 15 is 0 Å². The molecule has 2 aromatic rings. The summed E-state index contributed by atoms with van der Waals surface area (Å²) in [5.41, 5.74) is 4.16. The Labute approximate surface area is 139 Å². The Balaban J connectivity index is 2.23. The number of fused-ring (bicyclic) bond motifs is 1. The van der Waals surface area contributed by atoms with Crippen molar-refractivity contribution in [2.75, 3.05) is 19.3 Å². The first-order chi connectivity index (χ1) is 10.7. The van der Waals surface area contributed by atoms with E-state index in [1.165, 1.54) is 5.56 Å². The average molecular weight is 327 g/mol. The van der Waals surface area contributed by atoms with E-state index in [-0.39, 0.29) is 0 Å². The van der Waals surface area contributed by atoms with Gasteiger partial charge in [-0.25, -0.2) is 4.98 Å². The minimum Gasteiger partial charge on any atom is -0.302 e. The molecule has 22 heavy (non-hydrogen) atoms. The fraction of sp³-hybridized carbons (Fsp3) is 0.294. The van der Waals surface area contributed by atoms with Crippen LogP contribution in [-0.4, -0.2) is 29.2 Å². The number of aromatic nitrogens is 1. The van der Waals surface area contributed by atoms with Crippen molar-refractivity contribution in [1.29, 1.82) is 5.26 Å². The van der Waals surface area contributed by atoms with Gasteiger partial charge in [-0.2, -0.15) is 5.26 Å². The molecular weight excluding hydrogens is 310 g/mol. The lowest BCUT2D eigenvalue weighted by atomic mass is 9.96. The first-order valence-corrected chi connectivity index (χ1v) is 9.03. The Morgan fingerprint density at radius 2 is 2.45 bits per heavy atom. The molecule has 0 spiro atoms. The molecule has 0 N–H and O–H groups in total. The third-order valence-corrected chi connectivity index (χ3v) is 5.58. The molecule has 112 valence electrons. The zero-order chi connectivity index (χ0) is 15.5. The summed E-state index contributed by atoms with van der Waals surface area (Å²) in [7, 11) is 2.12. The van der Waals surface area contributed by atoms with Crippen LogP contribution in [0.5, 0.6) is 0 Å². The van der Waals surface area contributed by atoms with Crippen LogP contribution in [0.25, 0.3) is 10.4 Å². The van der Waals surface area contributed by atoms with Gasteiger partial charge in [0.1, 0.15) is 11.1 Å². The molecule has 0 fully saturated rings. The number of hydrogen-bond acceptors (Lipinski definition) is 5. The number of nitrogens with zero attached hydrogens (tertiary/aromatic N) is 3. The van der Waals surface area contributed by atoms with Gasteiger partial charge in [-0.1, -0.05) is 12.1 Å². The van der Waals surface area contributed by atoms with E-state index < -0.39 is 0 Å². The lowest BCUT2D eigenvalue weighted by Gasteiger charge is -2.27. The lowest BCUT2D eigenvalue weighted by molar-refractivity contribution is 0.310. The number of likely N-dealkylation sites (N-methyl/N-ethyl adjacent to an activating group) is 1. The highest BCUT2D eigenvalue weighted by molar-refractivity contribution is 7.99. The largest absolute Gasteiger partial charge is 0.302 e. The maximum atomic E-state index is 9.73. The molecule has 2 aromatic heterocycles. The van der Waals surface area contributed by atoms with Crippen molar-refractivity contribution in [2.45, 2.75) is 18.0 Å². The van der Waals surface area contributed by atoms with Crippen LogP contribution in [0, 0.1) is 11.3 Å². The van der Waals surface area contributed by atoms with E-state index in [0.29, 0.717) is 5.56 Å². The molecule has 0 saturated carbocycles. The minimum absolute atomic E-state index is 0.711. The molecule has 0 unspecified atom stereocenters. The summed E-state index contributed by atoms with van der Waals surface area (Å²) >= 11 is 3.28.